The maximum absolute atomic E-state index is 5.92. The third-order valence-electron chi connectivity index (χ3n) is 3.73. The lowest BCUT2D eigenvalue weighted by Gasteiger charge is -2.41. The molecule has 14 heavy (non-hydrogen) atoms. The minimum absolute atomic E-state index is 0.248. The van der Waals surface area contributed by atoms with Crippen molar-refractivity contribution in [1.29, 1.82) is 0 Å². The van der Waals surface area contributed by atoms with Crippen molar-refractivity contribution in [2.75, 3.05) is 27.3 Å². The first-order valence-electron chi connectivity index (χ1n) is 5.58. The van der Waals surface area contributed by atoms with E-state index < -0.39 is 0 Å². The first kappa shape index (κ1) is 12.0. The number of rotatable bonds is 5. The van der Waals surface area contributed by atoms with Gasteiger partial charge in [-0.25, -0.2) is 0 Å². The van der Waals surface area contributed by atoms with Crippen LogP contribution in [-0.4, -0.2) is 43.8 Å². The van der Waals surface area contributed by atoms with Crippen LogP contribution >= 0.6 is 0 Å². The standard InChI is InChI=1S/C11H24N2O/c1-10(8-14-3)13(2)11(9-12)6-4-5-7-11/h10H,4-9,12H2,1-3H3. The van der Waals surface area contributed by atoms with Crippen LogP contribution in [0.15, 0.2) is 0 Å². The predicted octanol–water partition coefficient (Wildman–Crippen LogP) is 1.22. The fraction of sp³-hybridized carbons (Fsp3) is 1.00. The summed E-state index contributed by atoms with van der Waals surface area (Å²) < 4.78 is 5.19. The summed E-state index contributed by atoms with van der Waals surface area (Å²) in [5.74, 6) is 0. The molecule has 3 nitrogen and oxygen atoms in total. The first-order chi connectivity index (χ1) is 6.66. The highest BCUT2D eigenvalue weighted by Crippen LogP contribution is 2.34. The summed E-state index contributed by atoms with van der Waals surface area (Å²) in [5.41, 5.74) is 6.17. The molecule has 1 aliphatic carbocycles. The molecular weight excluding hydrogens is 176 g/mol. The van der Waals surface area contributed by atoms with Crippen LogP contribution in [0.4, 0.5) is 0 Å². The molecule has 1 saturated carbocycles. The van der Waals surface area contributed by atoms with Crippen LogP contribution in [0.25, 0.3) is 0 Å². The lowest BCUT2D eigenvalue weighted by Crippen LogP contribution is -2.54. The van der Waals surface area contributed by atoms with Crippen molar-refractivity contribution in [3.05, 3.63) is 0 Å². The molecule has 2 N–H and O–H groups in total. The van der Waals surface area contributed by atoms with Crippen LogP contribution in [0.1, 0.15) is 32.6 Å². The van der Waals surface area contributed by atoms with Crippen LogP contribution in [-0.2, 0) is 4.74 Å². The van der Waals surface area contributed by atoms with Gasteiger partial charge in [-0.1, -0.05) is 12.8 Å². The highest BCUT2D eigenvalue weighted by atomic mass is 16.5. The van der Waals surface area contributed by atoms with Gasteiger partial charge in [0.2, 0.25) is 0 Å². The monoisotopic (exact) mass is 200 g/mol. The summed E-state index contributed by atoms with van der Waals surface area (Å²) >= 11 is 0. The summed E-state index contributed by atoms with van der Waals surface area (Å²) in [4.78, 5) is 2.42. The molecule has 0 aromatic rings. The van der Waals surface area contributed by atoms with E-state index in [-0.39, 0.29) is 5.54 Å². The van der Waals surface area contributed by atoms with E-state index in [9.17, 15) is 0 Å². The van der Waals surface area contributed by atoms with Gasteiger partial charge in [0.05, 0.1) is 6.61 Å². The fourth-order valence-corrected chi connectivity index (χ4v) is 2.55. The maximum Gasteiger partial charge on any atom is 0.0615 e. The minimum Gasteiger partial charge on any atom is -0.383 e. The van der Waals surface area contributed by atoms with Gasteiger partial charge in [0, 0.05) is 25.2 Å². The average molecular weight is 200 g/mol. The van der Waals surface area contributed by atoms with Crippen LogP contribution in [0, 0.1) is 0 Å². The molecule has 84 valence electrons. The summed E-state index contributed by atoms with van der Waals surface area (Å²) in [6.45, 7) is 3.77. The molecule has 1 rings (SSSR count). The van der Waals surface area contributed by atoms with Gasteiger partial charge in [-0.3, -0.25) is 4.90 Å². The zero-order chi connectivity index (χ0) is 10.6. The Morgan fingerprint density at radius 1 is 1.43 bits per heavy atom. The third kappa shape index (κ3) is 2.27. The van der Waals surface area contributed by atoms with Crippen molar-refractivity contribution in [2.45, 2.75) is 44.2 Å². The number of hydrogen-bond acceptors (Lipinski definition) is 3. The minimum atomic E-state index is 0.248. The Kier molecular flexibility index (Phi) is 4.35. The van der Waals surface area contributed by atoms with Gasteiger partial charge in [-0.15, -0.1) is 0 Å². The molecule has 0 saturated heterocycles. The molecule has 0 heterocycles. The van der Waals surface area contributed by atoms with Crippen LogP contribution < -0.4 is 5.73 Å². The Morgan fingerprint density at radius 3 is 2.43 bits per heavy atom. The number of nitrogens with two attached hydrogens (primary N) is 1. The summed E-state index contributed by atoms with van der Waals surface area (Å²) in [6, 6.07) is 0.460. The van der Waals surface area contributed by atoms with Gasteiger partial charge in [-0.05, 0) is 26.8 Å². The number of likely N-dealkylation sites (N-methyl/N-ethyl adjacent to an activating group) is 1. The third-order valence-corrected chi connectivity index (χ3v) is 3.73. The molecule has 3 heteroatoms. The quantitative estimate of drug-likeness (QED) is 0.725. The van der Waals surface area contributed by atoms with Crippen molar-refractivity contribution < 1.29 is 4.74 Å². The van der Waals surface area contributed by atoms with Gasteiger partial charge in [0.15, 0.2) is 0 Å². The Bertz CT molecular complexity index is 167. The largest absolute Gasteiger partial charge is 0.383 e. The molecule has 0 spiro atoms. The second-order valence-corrected chi connectivity index (χ2v) is 4.55. The molecule has 0 aromatic carbocycles. The Hall–Kier alpha value is -0.120. The summed E-state index contributed by atoms with van der Waals surface area (Å²) in [7, 11) is 3.94. The normalized spacial score (nSPS) is 22.9. The predicted molar refractivity (Wildman–Crippen MR) is 59.4 cm³/mol. The molecule has 0 radical (unpaired) electrons. The van der Waals surface area contributed by atoms with Crippen LogP contribution in [0.2, 0.25) is 0 Å². The zero-order valence-electron chi connectivity index (χ0n) is 9.75. The molecule has 1 unspecified atom stereocenters. The molecule has 0 aliphatic heterocycles. The second kappa shape index (κ2) is 5.10. The number of hydrogen-bond donors (Lipinski definition) is 1. The fourth-order valence-electron chi connectivity index (χ4n) is 2.55. The number of methoxy groups -OCH3 is 1. The Morgan fingerprint density at radius 2 is 2.00 bits per heavy atom. The smallest absolute Gasteiger partial charge is 0.0615 e. The highest BCUT2D eigenvalue weighted by Gasteiger charge is 2.38. The first-order valence-corrected chi connectivity index (χ1v) is 5.58. The molecular formula is C11H24N2O. The van der Waals surface area contributed by atoms with E-state index in [1.54, 1.807) is 7.11 Å². The van der Waals surface area contributed by atoms with Crippen molar-refractivity contribution in [3.63, 3.8) is 0 Å². The Labute approximate surface area is 87.6 Å². The maximum atomic E-state index is 5.92. The van der Waals surface area contributed by atoms with Gasteiger partial charge >= 0.3 is 0 Å². The summed E-state index contributed by atoms with van der Waals surface area (Å²) in [5, 5.41) is 0. The van der Waals surface area contributed by atoms with E-state index in [0.717, 1.165) is 13.2 Å². The van der Waals surface area contributed by atoms with Crippen molar-refractivity contribution in [3.8, 4) is 0 Å². The van der Waals surface area contributed by atoms with E-state index in [4.69, 9.17) is 10.5 Å². The molecule has 1 aliphatic rings. The second-order valence-electron chi connectivity index (χ2n) is 4.55. The van der Waals surface area contributed by atoms with Gasteiger partial charge < -0.3 is 10.5 Å². The van der Waals surface area contributed by atoms with Gasteiger partial charge in [0.1, 0.15) is 0 Å². The summed E-state index contributed by atoms with van der Waals surface area (Å²) in [6.07, 6.45) is 5.13. The van der Waals surface area contributed by atoms with Crippen LogP contribution in [0.5, 0.6) is 0 Å². The topological polar surface area (TPSA) is 38.5 Å². The van der Waals surface area contributed by atoms with Crippen molar-refractivity contribution >= 4 is 0 Å². The number of nitrogens with zero attached hydrogens (tertiary/aromatic N) is 1. The van der Waals surface area contributed by atoms with Crippen molar-refractivity contribution in [1.82, 2.24) is 4.90 Å². The molecule has 0 aromatic heterocycles. The van der Waals surface area contributed by atoms with Crippen molar-refractivity contribution in [2.24, 2.45) is 5.73 Å². The zero-order valence-corrected chi connectivity index (χ0v) is 9.75. The molecule has 0 amide bonds. The molecule has 1 fully saturated rings. The molecule has 1 atom stereocenters. The van der Waals surface area contributed by atoms with E-state index in [2.05, 4.69) is 18.9 Å². The Balaban J connectivity index is 2.59. The lowest BCUT2D eigenvalue weighted by molar-refractivity contribution is 0.0412. The SMILES string of the molecule is COCC(C)N(C)C1(CN)CCCC1. The van der Waals surface area contributed by atoms with E-state index in [1.165, 1.54) is 25.7 Å². The van der Waals surface area contributed by atoms with E-state index >= 15 is 0 Å². The molecule has 0 bridgehead atoms. The van der Waals surface area contributed by atoms with Gasteiger partial charge in [0.25, 0.3) is 0 Å². The van der Waals surface area contributed by atoms with Crippen LogP contribution in [0.3, 0.4) is 0 Å². The van der Waals surface area contributed by atoms with E-state index in [0.29, 0.717) is 6.04 Å². The average Bonchev–Trinajstić information content (AvgIpc) is 2.66. The van der Waals surface area contributed by atoms with Gasteiger partial charge in [-0.2, -0.15) is 0 Å². The highest BCUT2D eigenvalue weighted by molar-refractivity contribution is 4.96. The number of ether oxygens (including phenoxy) is 1. The lowest BCUT2D eigenvalue weighted by atomic mass is 9.94. The van der Waals surface area contributed by atoms with E-state index in [1.807, 2.05) is 0 Å².